The van der Waals surface area contributed by atoms with Crippen molar-refractivity contribution >= 4 is 5.91 Å². The van der Waals surface area contributed by atoms with Crippen molar-refractivity contribution in [2.24, 2.45) is 0 Å². The zero-order valence-electron chi connectivity index (χ0n) is 16.7. The van der Waals surface area contributed by atoms with Gasteiger partial charge in [0.25, 0.3) is 0 Å². The molecule has 1 saturated heterocycles. The van der Waals surface area contributed by atoms with Gasteiger partial charge in [0.05, 0.1) is 7.11 Å². The average Bonchev–Trinajstić information content (AvgIpc) is 2.76. The summed E-state index contributed by atoms with van der Waals surface area (Å²) in [6, 6.07) is 16.0. The molecule has 28 heavy (non-hydrogen) atoms. The van der Waals surface area contributed by atoms with Crippen LogP contribution in [0.15, 0.2) is 48.5 Å². The van der Waals surface area contributed by atoms with E-state index in [0.717, 1.165) is 48.6 Å². The lowest BCUT2D eigenvalue weighted by molar-refractivity contribution is -0.131. The van der Waals surface area contributed by atoms with E-state index in [1.165, 1.54) is 6.42 Å². The highest BCUT2D eigenvalue weighted by Gasteiger charge is 2.15. The summed E-state index contributed by atoms with van der Waals surface area (Å²) in [6.07, 6.45) is 4.06. The summed E-state index contributed by atoms with van der Waals surface area (Å²) in [6.45, 7) is 3.71. The second-order valence-corrected chi connectivity index (χ2v) is 7.13. The van der Waals surface area contributed by atoms with Crippen LogP contribution in [0, 0.1) is 0 Å². The van der Waals surface area contributed by atoms with Crippen LogP contribution in [0.4, 0.5) is 0 Å². The number of amides is 1. The van der Waals surface area contributed by atoms with Gasteiger partial charge in [0, 0.05) is 32.6 Å². The molecule has 5 heteroatoms. The summed E-state index contributed by atoms with van der Waals surface area (Å²) >= 11 is 0. The monoisotopic (exact) mass is 382 g/mol. The van der Waals surface area contributed by atoms with Gasteiger partial charge in [-0.15, -0.1) is 0 Å². The maximum atomic E-state index is 12.2. The van der Waals surface area contributed by atoms with Crippen LogP contribution in [0.25, 0.3) is 0 Å². The summed E-state index contributed by atoms with van der Waals surface area (Å²) < 4.78 is 11.4. The largest absolute Gasteiger partial charge is 0.493 e. The van der Waals surface area contributed by atoms with Gasteiger partial charge in [0.15, 0.2) is 11.5 Å². The summed E-state index contributed by atoms with van der Waals surface area (Å²) in [5.41, 5.74) is 2.22. The van der Waals surface area contributed by atoms with Gasteiger partial charge in [-0.05, 0) is 42.5 Å². The minimum Gasteiger partial charge on any atom is -0.493 e. The molecule has 0 bridgehead atoms. The van der Waals surface area contributed by atoms with E-state index >= 15 is 0 Å². The number of hydrogen-bond donors (Lipinski definition) is 1. The fourth-order valence-electron chi connectivity index (χ4n) is 3.41. The van der Waals surface area contributed by atoms with E-state index in [0.29, 0.717) is 26.1 Å². The Labute approximate surface area is 167 Å². The number of nitrogens with one attached hydrogen (secondary N) is 1. The van der Waals surface area contributed by atoms with Crippen LogP contribution in [0.1, 0.15) is 36.8 Å². The molecule has 1 amide bonds. The minimum absolute atomic E-state index is 0.258. The summed E-state index contributed by atoms with van der Waals surface area (Å²) in [7, 11) is 1.65. The number of benzene rings is 2. The molecule has 150 valence electrons. The van der Waals surface area contributed by atoms with E-state index in [4.69, 9.17) is 9.47 Å². The number of methoxy groups -OCH3 is 1. The fourth-order valence-corrected chi connectivity index (χ4v) is 3.41. The van der Waals surface area contributed by atoms with Gasteiger partial charge >= 0.3 is 0 Å². The molecule has 0 atom stereocenters. The number of nitrogens with zero attached hydrogens (tertiary/aromatic N) is 1. The maximum Gasteiger partial charge on any atom is 0.223 e. The number of piperidine rings is 1. The van der Waals surface area contributed by atoms with Crippen molar-refractivity contribution in [3.8, 4) is 11.5 Å². The van der Waals surface area contributed by atoms with E-state index in [9.17, 15) is 4.79 Å². The van der Waals surface area contributed by atoms with Crippen LogP contribution in [0.2, 0.25) is 0 Å². The van der Waals surface area contributed by atoms with Crippen LogP contribution >= 0.6 is 0 Å². The van der Waals surface area contributed by atoms with E-state index < -0.39 is 0 Å². The zero-order chi connectivity index (χ0) is 19.6. The SMILES string of the molecule is COc1ccc(CNCCC(=O)N2CCCCC2)cc1OCc1ccccc1. The van der Waals surface area contributed by atoms with E-state index in [1.807, 2.05) is 53.4 Å². The molecule has 5 nitrogen and oxygen atoms in total. The Morgan fingerprint density at radius 3 is 2.54 bits per heavy atom. The Balaban J connectivity index is 1.47. The molecule has 0 aliphatic carbocycles. The van der Waals surface area contributed by atoms with E-state index in [-0.39, 0.29) is 5.91 Å². The molecule has 2 aromatic carbocycles. The van der Waals surface area contributed by atoms with Crippen molar-refractivity contribution in [2.45, 2.75) is 38.8 Å². The van der Waals surface area contributed by atoms with Gasteiger partial charge in [-0.2, -0.15) is 0 Å². The van der Waals surface area contributed by atoms with Crippen LogP contribution in [-0.2, 0) is 17.9 Å². The third-order valence-electron chi connectivity index (χ3n) is 5.02. The number of ether oxygens (including phenoxy) is 2. The first-order chi connectivity index (χ1) is 13.8. The Kier molecular flexibility index (Phi) is 7.73. The topological polar surface area (TPSA) is 50.8 Å². The van der Waals surface area contributed by atoms with Crippen LogP contribution in [-0.4, -0.2) is 37.6 Å². The van der Waals surface area contributed by atoms with Gasteiger partial charge in [0.1, 0.15) is 6.61 Å². The molecule has 0 saturated carbocycles. The summed E-state index contributed by atoms with van der Waals surface area (Å²) in [5.74, 6) is 1.71. The highest BCUT2D eigenvalue weighted by atomic mass is 16.5. The molecule has 1 aliphatic heterocycles. The number of likely N-dealkylation sites (tertiary alicyclic amines) is 1. The van der Waals surface area contributed by atoms with Crippen LogP contribution in [0.5, 0.6) is 11.5 Å². The number of hydrogen-bond acceptors (Lipinski definition) is 4. The molecule has 1 N–H and O–H groups in total. The van der Waals surface area contributed by atoms with E-state index in [2.05, 4.69) is 5.32 Å². The van der Waals surface area contributed by atoms with Gasteiger partial charge in [-0.25, -0.2) is 0 Å². The minimum atomic E-state index is 0.258. The third kappa shape index (κ3) is 5.99. The first-order valence-electron chi connectivity index (χ1n) is 10.1. The molecule has 0 aromatic heterocycles. The van der Waals surface area contributed by atoms with Gasteiger partial charge in [-0.3, -0.25) is 4.79 Å². The number of carbonyl (C=O) groups is 1. The lowest BCUT2D eigenvalue weighted by Gasteiger charge is -2.26. The van der Waals surface area contributed by atoms with Crippen molar-refractivity contribution in [3.63, 3.8) is 0 Å². The molecule has 1 fully saturated rings. The zero-order valence-corrected chi connectivity index (χ0v) is 16.7. The lowest BCUT2D eigenvalue weighted by atomic mass is 10.1. The van der Waals surface area contributed by atoms with E-state index in [1.54, 1.807) is 7.11 Å². The Morgan fingerprint density at radius 2 is 1.79 bits per heavy atom. The number of carbonyl (C=O) groups excluding carboxylic acids is 1. The summed E-state index contributed by atoms with van der Waals surface area (Å²) in [4.78, 5) is 14.2. The molecule has 2 aromatic rings. The Morgan fingerprint density at radius 1 is 1.00 bits per heavy atom. The normalized spacial score (nSPS) is 14.0. The Bertz CT molecular complexity index is 743. The summed E-state index contributed by atoms with van der Waals surface area (Å²) in [5, 5.41) is 3.37. The molecule has 1 heterocycles. The quantitative estimate of drug-likeness (QED) is 0.671. The van der Waals surface area contributed by atoms with Crippen molar-refractivity contribution < 1.29 is 14.3 Å². The molecule has 0 radical (unpaired) electrons. The predicted octanol–water partition coefficient (Wildman–Crippen LogP) is 3.77. The molecule has 0 unspecified atom stereocenters. The maximum absolute atomic E-state index is 12.2. The number of rotatable bonds is 9. The van der Waals surface area contributed by atoms with Gasteiger partial charge in [-0.1, -0.05) is 36.4 Å². The van der Waals surface area contributed by atoms with Crippen LogP contribution < -0.4 is 14.8 Å². The van der Waals surface area contributed by atoms with Crippen molar-refractivity contribution in [3.05, 3.63) is 59.7 Å². The molecule has 1 aliphatic rings. The van der Waals surface area contributed by atoms with Gasteiger partial charge < -0.3 is 19.7 Å². The standard InChI is InChI=1S/C23H30N2O3/c1-27-21-11-10-20(16-22(21)28-18-19-8-4-2-5-9-19)17-24-13-12-23(26)25-14-6-3-7-15-25/h2,4-5,8-11,16,24H,3,6-7,12-15,17-18H2,1H3. The first-order valence-corrected chi connectivity index (χ1v) is 10.1. The molecular weight excluding hydrogens is 352 g/mol. The smallest absolute Gasteiger partial charge is 0.223 e. The highest BCUT2D eigenvalue weighted by Crippen LogP contribution is 2.28. The lowest BCUT2D eigenvalue weighted by Crippen LogP contribution is -2.37. The molecule has 0 spiro atoms. The second-order valence-electron chi connectivity index (χ2n) is 7.13. The predicted molar refractivity (Wildman–Crippen MR) is 111 cm³/mol. The van der Waals surface area contributed by atoms with Crippen LogP contribution in [0.3, 0.4) is 0 Å². The third-order valence-corrected chi connectivity index (χ3v) is 5.02. The average molecular weight is 383 g/mol. The van der Waals surface area contributed by atoms with Gasteiger partial charge in [0.2, 0.25) is 5.91 Å². The highest BCUT2D eigenvalue weighted by molar-refractivity contribution is 5.76. The van der Waals surface area contributed by atoms with Crippen molar-refractivity contribution in [1.29, 1.82) is 0 Å². The fraction of sp³-hybridized carbons (Fsp3) is 0.435. The molecule has 3 rings (SSSR count). The Hall–Kier alpha value is -2.53. The van der Waals surface area contributed by atoms with Crippen molar-refractivity contribution in [1.82, 2.24) is 10.2 Å². The molecular formula is C23H30N2O3. The van der Waals surface area contributed by atoms with Crippen molar-refractivity contribution in [2.75, 3.05) is 26.7 Å². The first kappa shape index (κ1) is 20.2. The second kappa shape index (κ2) is 10.7.